The molecule has 5 heteroatoms. The molecule has 0 aliphatic carbocycles. The third kappa shape index (κ3) is 2.93. The van der Waals surface area contributed by atoms with Crippen molar-refractivity contribution < 1.29 is 9.53 Å². The Labute approximate surface area is 139 Å². The van der Waals surface area contributed by atoms with Gasteiger partial charge in [-0.1, -0.05) is 29.8 Å². The molecule has 3 aromatic rings. The van der Waals surface area contributed by atoms with Crippen molar-refractivity contribution in [2.45, 2.75) is 20.4 Å². The van der Waals surface area contributed by atoms with Gasteiger partial charge in [-0.2, -0.15) is 0 Å². The van der Waals surface area contributed by atoms with Crippen molar-refractivity contribution >= 4 is 16.9 Å². The van der Waals surface area contributed by atoms with Crippen LogP contribution in [0.5, 0.6) is 0 Å². The van der Waals surface area contributed by atoms with Crippen molar-refractivity contribution in [1.82, 2.24) is 9.55 Å². The van der Waals surface area contributed by atoms with Crippen LogP contribution < -0.4 is 5.56 Å². The number of carbonyl (C=O) groups excluding carboxylic acids is 1. The highest BCUT2D eigenvalue weighted by molar-refractivity contribution is 5.94. The molecule has 0 aliphatic rings. The van der Waals surface area contributed by atoms with E-state index < -0.39 is 5.97 Å². The molecule has 0 spiro atoms. The SMILES string of the molecule is COC(=O)c1cc2c(=O)n(Cc3ccc(C)cc3)ccc2nc1C. The Bertz CT molecular complexity index is 972. The molecule has 0 aliphatic heterocycles. The van der Waals surface area contributed by atoms with Crippen LogP contribution in [0.1, 0.15) is 27.2 Å². The van der Waals surface area contributed by atoms with E-state index in [-0.39, 0.29) is 5.56 Å². The zero-order chi connectivity index (χ0) is 17.3. The first-order chi connectivity index (χ1) is 11.5. The second-order valence-corrected chi connectivity index (χ2v) is 5.78. The van der Waals surface area contributed by atoms with Gasteiger partial charge in [0.15, 0.2) is 0 Å². The minimum absolute atomic E-state index is 0.175. The maximum atomic E-state index is 12.7. The average Bonchev–Trinajstić information content (AvgIpc) is 2.58. The molecule has 0 N–H and O–H groups in total. The van der Waals surface area contributed by atoms with Crippen LogP contribution in [0.2, 0.25) is 0 Å². The summed E-state index contributed by atoms with van der Waals surface area (Å²) in [5.74, 6) is -0.491. The Morgan fingerprint density at radius 1 is 1.17 bits per heavy atom. The molecule has 0 saturated heterocycles. The van der Waals surface area contributed by atoms with Gasteiger partial charge in [-0.15, -0.1) is 0 Å². The van der Waals surface area contributed by atoms with Gasteiger partial charge in [0, 0.05) is 6.20 Å². The maximum Gasteiger partial charge on any atom is 0.339 e. The topological polar surface area (TPSA) is 61.2 Å². The molecule has 0 amide bonds. The van der Waals surface area contributed by atoms with Crippen LogP contribution in [0.15, 0.2) is 47.4 Å². The number of hydrogen-bond acceptors (Lipinski definition) is 4. The van der Waals surface area contributed by atoms with E-state index >= 15 is 0 Å². The Kier molecular flexibility index (Phi) is 4.16. The lowest BCUT2D eigenvalue weighted by atomic mass is 10.1. The number of benzene rings is 1. The van der Waals surface area contributed by atoms with Gasteiger partial charge in [-0.25, -0.2) is 4.79 Å². The Hall–Kier alpha value is -2.95. The molecule has 122 valence electrons. The highest BCUT2D eigenvalue weighted by Gasteiger charge is 2.14. The predicted octanol–water partition coefficient (Wildman–Crippen LogP) is 2.85. The van der Waals surface area contributed by atoms with E-state index in [0.717, 1.165) is 5.56 Å². The minimum Gasteiger partial charge on any atom is -0.465 e. The number of rotatable bonds is 3. The van der Waals surface area contributed by atoms with Crippen LogP contribution in [-0.2, 0) is 11.3 Å². The fraction of sp³-hybridized carbons (Fsp3) is 0.211. The van der Waals surface area contributed by atoms with E-state index in [1.165, 1.54) is 12.7 Å². The Morgan fingerprint density at radius 3 is 2.54 bits per heavy atom. The van der Waals surface area contributed by atoms with Gasteiger partial charge in [-0.05, 0) is 31.5 Å². The van der Waals surface area contributed by atoms with E-state index in [0.29, 0.717) is 28.7 Å². The smallest absolute Gasteiger partial charge is 0.339 e. The lowest BCUT2D eigenvalue weighted by Crippen LogP contribution is -2.21. The third-order valence-corrected chi connectivity index (χ3v) is 4.03. The number of pyridine rings is 2. The van der Waals surface area contributed by atoms with Crippen molar-refractivity contribution in [2.24, 2.45) is 0 Å². The van der Waals surface area contributed by atoms with Gasteiger partial charge < -0.3 is 9.30 Å². The number of aryl methyl sites for hydroxylation is 2. The van der Waals surface area contributed by atoms with E-state index in [4.69, 9.17) is 4.74 Å². The minimum atomic E-state index is -0.491. The standard InChI is InChI=1S/C19H18N2O3/c1-12-4-6-14(7-5-12)11-21-9-8-17-16(18(21)22)10-15(13(2)20-17)19(23)24-3/h4-10H,11H2,1-3H3. The molecule has 2 heterocycles. The molecule has 3 rings (SSSR count). The molecule has 0 saturated carbocycles. The molecule has 0 radical (unpaired) electrons. The first-order valence-electron chi connectivity index (χ1n) is 7.64. The van der Waals surface area contributed by atoms with Gasteiger partial charge in [-0.3, -0.25) is 9.78 Å². The van der Waals surface area contributed by atoms with Crippen LogP contribution in [-0.4, -0.2) is 22.6 Å². The molecular weight excluding hydrogens is 304 g/mol. The summed E-state index contributed by atoms with van der Waals surface area (Å²) in [4.78, 5) is 28.9. The first kappa shape index (κ1) is 15.9. The molecule has 0 atom stereocenters. The normalized spacial score (nSPS) is 10.8. The summed E-state index contributed by atoms with van der Waals surface area (Å²) in [6.45, 7) is 4.22. The first-order valence-corrected chi connectivity index (χ1v) is 7.64. The van der Waals surface area contributed by atoms with Crippen molar-refractivity contribution in [2.75, 3.05) is 7.11 Å². The number of methoxy groups -OCH3 is 1. The summed E-state index contributed by atoms with van der Waals surface area (Å²) in [7, 11) is 1.31. The molecule has 2 aromatic heterocycles. The number of aromatic nitrogens is 2. The molecule has 0 fully saturated rings. The molecule has 24 heavy (non-hydrogen) atoms. The fourth-order valence-electron chi connectivity index (χ4n) is 2.64. The van der Waals surface area contributed by atoms with Gasteiger partial charge in [0.25, 0.3) is 5.56 Å². The van der Waals surface area contributed by atoms with Crippen LogP contribution in [0.3, 0.4) is 0 Å². The largest absolute Gasteiger partial charge is 0.465 e. The van der Waals surface area contributed by atoms with Gasteiger partial charge in [0.1, 0.15) is 0 Å². The number of nitrogens with zero attached hydrogens (tertiary/aromatic N) is 2. The second kappa shape index (κ2) is 6.28. The molecule has 5 nitrogen and oxygen atoms in total. The Morgan fingerprint density at radius 2 is 1.88 bits per heavy atom. The summed E-state index contributed by atoms with van der Waals surface area (Å²) >= 11 is 0. The number of fused-ring (bicyclic) bond motifs is 1. The highest BCUT2D eigenvalue weighted by Crippen LogP contribution is 2.15. The van der Waals surface area contributed by atoms with Crippen molar-refractivity contribution in [3.63, 3.8) is 0 Å². The zero-order valence-electron chi connectivity index (χ0n) is 13.9. The van der Waals surface area contributed by atoms with E-state index in [2.05, 4.69) is 4.98 Å². The van der Waals surface area contributed by atoms with E-state index in [1.54, 1.807) is 29.8 Å². The van der Waals surface area contributed by atoms with Gasteiger partial charge in [0.05, 0.1) is 35.8 Å². The van der Waals surface area contributed by atoms with Crippen LogP contribution in [0.4, 0.5) is 0 Å². The highest BCUT2D eigenvalue weighted by atomic mass is 16.5. The van der Waals surface area contributed by atoms with Gasteiger partial charge >= 0.3 is 5.97 Å². The predicted molar refractivity (Wildman–Crippen MR) is 92.4 cm³/mol. The molecule has 1 aromatic carbocycles. The third-order valence-electron chi connectivity index (χ3n) is 4.03. The van der Waals surface area contributed by atoms with Gasteiger partial charge in [0.2, 0.25) is 0 Å². The number of ether oxygens (including phenoxy) is 1. The van der Waals surface area contributed by atoms with Crippen LogP contribution in [0, 0.1) is 13.8 Å². The second-order valence-electron chi connectivity index (χ2n) is 5.78. The zero-order valence-corrected chi connectivity index (χ0v) is 13.9. The quantitative estimate of drug-likeness (QED) is 0.696. The van der Waals surface area contributed by atoms with Crippen molar-refractivity contribution in [3.05, 3.63) is 75.3 Å². The van der Waals surface area contributed by atoms with Crippen LogP contribution in [0.25, 0.3) is 10.9 Å². The Balaban J connectivity index is 2.09. The van der Waals surface area contributed by atoms with Crippen LogP contribution >= 0.6 is 0 Å². The van der Waals surface area contributed by atoms with Crippen molar-refractivity contribution in [1.29, 1.82) is 0 Å². The summed E-state index contributed by atoms with van der Waals surface area (Å²) < 4.78 is 6.37. The molecule has 0 bridgehead atoms. The average molecular weight is 322 g/mol. The monoisotopic (exact) mass is 322 g/mol. The number of hydrogen-bond donors (Lipinski definition) is 0. The lowest BCUT2D eigenvalue weighted by Gasteiger charge is -2.09. The molecule has 0 unspecified atom stereocenters. The summed E-state index contributed by atoms with van der Waals surface area (Å²) in [5.41, 5.74) is 3.47. The summed E-state index contributed by atoms with van der Waals surface area (Å²) in [6.07, 6.45) is 1.73. The fourth-order valence-corrected chi connectivity index (χ4v) is 2.64. The van der Waals surface area contributed by atoms with E-state index in [1.807, 2.05) is 31.2 Å². The number of carbonyl (C=O) groups is 1. The van der Waals surface area contributed by atoms with E-state index in [9.17, 15) is 9.59 Å². The summed E-state index contributed by atoms with van der Waals surface area (Å²) in [5, 5.41) is 0.413. The molecular formula is C19H18N2O3. The van der Waals surface area contributed by atoms with Crippen molar-refractivity contribution in [3.8, 4) is 0 Å². The number of esters is 1. The summed E-state index contributed by atoms with van der Waals surface area (Å²) in [6, 6.07) is 11.4. The maximum absolute atomic E-state index is 12.7. The lowest BCUT2D eigenvalue weighted by molar-refractivity contribution is 0.0599.